The van der Waals surface area contributed by atoms with Crippen LogP contribution < -0.4 is 4.90 Å². The van der Waals surface area contributed by atoms with Crippen LogP contribution in [0.15, 0.2) is 36.7 Å². The zero-order valence-corrected chi connectivity index (χ0v) is 19.7. The Morgan fingerprint density at radius 1 is 1.06 bits per heavy atom. The summed E-state index contributed by atoms with van der Waals surface area (Å²) in [5, 5.41) is 1.20. The van der Waals surface area contributed by atoms with Gasteiger partial charge in [-0.15, -0.1) is 11.3 Å². The van der Waals surface area contributed by atoms with E-state index in [1.54, 1.807) is 17.7 Å². The fourth-order valence-corrected chi connectivity index (χ4v) is 6.25. The van der Waals surface area contributed by atoms with Crippen molar-refractivity contribution in [1.29, 1.82) is 0 Å². The normalized spacial score (nSPS) is 18.9. The first kappa shape index (κ1) is 20.1. The van der Waals surface area contributed by atoms with Gasteiger partial charge >= 0.3 is 0 Å². The maximum Gasteiger partial charge on any atom is 0.150 e. The molecular formula is C26H28N4OS. The van der Waals surface area contributed by atoms with Gasteiger partial charge in [-0.05, 0) is 38.2 Å². The van der Waals surface area contributed by atoms with Crippen LogP contribution in [0.4, 0.5) is 5.82 Å². The highest BCUT2D eigenvalue weighted by Crippen LogP contribution is 2.44. The number of aromatic nitrogens is 3. The molecule has 1 fully saturated rings. The summed E-state index contributed by atoms with van der Waals surface area (Å²) in [7, 11) is 0. The quantitative estimate of drug-likeness (QED) is 0.380. The number of thiophene rings is 1. The van der Waals surface area contributed by atoms with Crippen molar-refractivity contribution in [3.63, 3.8) is 0 Å². The highest BCUT2D eigenvalue weighted by Gasteiger charge is 2.32. The minimum Gasteiger partial charge on any atom is -0.370 e. The van der Waals surface area contributed by atoms with Gasteiger partial charge in [-0.2, -0.15) is 0 Å². The number of hydrogen-bond acceptors (Lipinski definition) is 6. The van der Waals surface area contributed by atoms with Crippen LogP contribution in [0, 0.1) is 5.92 Å². The third kappa shape index (κ3) is 3.28. The maximum absolute atomic E-state index is 6.24. The molecule has 32 heavy (non-hydrogen) atoms. The van der Waals surface area contributed by atoms with E-state index < -0.39 is 0 Å². The van der Waals surface area contributed by atoms with Gasteiger partial charge in [-0.25, -0.2) is 15.0 Å². The lowest BCUT2D eigenvalue weighted by atomic mass is 9.88. The van der Waals surface area contributed by atoms with Crippen molar-refractivity contribution < 1.29 is 4.74 Å². The van der Waals surface area contributed by atoms with Crippen molar-refractivity contribution in [2.75, 3.05) is 18.0 Å². The van der Waals surface area contributed by atoms with Gasteiger partial charge < -0.3 is 9.64 Å². The number of nitrogens with zero attached hydrogens (tertiary/aromatic N) is 4. The minimum absolute atomic E-state index is 0.206. The standard InChI is InChI=1S/C26H28N4OS/c1-16-9-11-30(12-10-16)24-23-22(27-15-28-24)20-18-13-26(2,3)31-14-19(18)21(29-25(20)32-23)17-7-5-4-6-8-17/h4-8,15-16H,9-14H2,1-3H3. The van der Waals surface area contributed by atoms with E-state index >= 15 is 0 Å². The number of piperidine rings is 1. The molecule has 1 aromatic carbocycles. The summed E-state index contributed by atoms with van der Waals surface area (Å²) < 4.78 is 7.41. The molecule has 0 saturated carbocycles. The zero-order valence-electron chi connectivity index (χ0n) is 18.9. The molecule has 4 aromatic rings. The van der Waals surface area contributed by atoms with E-state index in [-0.39, 0.29) is 5.60 Å². The molecule has 0 unspecified atom stereocenters. The average Bonchev–Trinajstić information content (AvgIpc) is 3.18. The molecule has 0 bridgehead atoms. The number of benzene rings is 1. The lowest BCUT2D eigenvalue weighted by Gasteiger charge is -2.33. The van der Waals surface area contributed by atoms with Crippen LogP contribution in [0.25, 0.3) is 31.7 Å². The van der Waals surface area contributed by atoms with Gasteiger partial charge in [0.25, 0.3) is 0 Å². The van der Waals surface area contributed by atoms with Gasteiger partial charge in [0.1, 0.15) is 17.0 Å². The van der Waals surface area contributed by atoms with E-state index in [1.165, 1.54) is 34.1 Å². The Hall–Kier alpha value is -2.57. The molecule has 5 heterocycles. The molecule has 0 spiro atoms. The molecule has 0 N–H and O–H groups in total. The van der Waals surface area contributed by atoms with Crippen molar-refractivity contribution in [2.45, 2.75) is 52.2 Å². The number of ether oxygens (including phenoxy) is 1. The summed E-state index contributed by atoms with van der Waals surface area (Å²) >= 11 is 1.75. The van der Waals surface area contributed by atoms with Crippen LogP contribution in [0.3, 0.4) is 0 Å². The Labute approximate surface area is 192 Å². The van der Waals surface area contributed by atoms with Crippen LogP contribution in [-0.2, 0) is 17.8 Å². The summed E-state index contributed by atoms with van der Waals surface area (Å²) in [5.41, 5.74) is 5.57. The van der Waals surface area contributed by atoms with E-state index in [0.29, 0.717) is 6.61 Å². The monoisotopic (exact) mass is 444 g/mol. The summed E-state index contributed by atoms with van der Waals surface area (Å²) in [5.74, 6) is 1.86. The van der Waals surface area contributed by atoms with E-state index in [0.717, 1.165) is 52.9 Å². The predicted molar refractivity (Wildman–Crippen MR) is 131 cm³/mol. The number of rotatable bonds is 2. The van der Waals surface area contributed by atoms with Crippen molar-refractivity contribution in [1.82, 2.24) is 15.0 Å². The van der Waals surface area contributed by atoms with Crippen molar-refractivity contribution in [2.24, 2.45) is 5.92 Å². The minimum atomic E-state index is -0.206. The molecule has 6 rings (SSSR count). The molecule has 164 valence electrons. The zero-order chi connectivity index (χ0) is 21.9. The van der Waals surface area contributed by atoms with Crippen molar-refractivity contribution in [3.8, 4) is 11.3 Å². The predicted octanol–water partition coefficient (Wildman–Crippen LogP) is 5.99. The van der Waals surface area contributed by atoms with E-state index in [2.05, 4.69) is 56.0 Å². The van der Waals surface area contributed by atoms with E-state index in [4.69, 9.17) is 19.7 Å². The average molecular weight is 445 g/mol. The molecular weight excluding hydrogens is 416 g/mol. The molecule has 5 nitrogen and oxygen atoms in total. The first-order chi connectivity index (χ1) is 15.5. The second-order valence-corrected chi connectivity index (χ2v) is 10.8. The maximum atomic E-state index is 6.24. The number of hydrogen-bond donors (Lipinski definition) is 0. The summed E-state index contributed by atoms with van der Waals surface area (Å²) in [6, 6.07) is 10.5. The highest BCUT2D eigenvalue weighted by atomic mass is 32.1. The van der Waals surface area contributed by atoms with Crippen molar-refractivity contribution in [3.05, 3.63) is 47.8 Å². The van der Waals surface area contributed by atoms with Crippen LogP contribution in [0.2, 0.25) is 0 Å². The summed E-state index contributed by atoms with van der Waals surface area (Å²) in [4.78, 5) is 18.2. The third-order valence-electron chi connectivity index (χ3n) is 6.94. The largest absolute Gasteiger partial charge is 0.370 e. The summed E-state index contributed by atoms with van der Waals surface area (Å²) in [6.45, 7) is 9.39. The Bertz CT molecular complexity index is 1310. The number of pyridine rings is 1. The van der Waals surface area contributed by atoms with Crippen LogP contribution in [-0.4, -0.2) is 33.6 Å². The molecule has 0 atom stereocenters. The fraction of sp³-hybridized carbons (Fsp3) is 0.423. The Morgan fingerprint density at radius 3 is 2.62 bits per heavy atom. The molecule has 0 radical (unpaired) electrons. The Kier molecular flexibility index (Phi) is 4.70. The topological polar surface area (TPSA) is 51.1 Å². The van der Waals surface area contributed by atoms with Gasteiger partial charge in [0.2, 0.25) is 0 Å². The van der Waals surface area contributed by atoms with Crippen LogP contribution in [0.1, 0.15) is 44.7 Å². The first-order valence-electron chi connectivity index (χ1n) is 11.5. The Balaban J connectivity index is 1.61. The lowest BCUT2D eigenvalue weighted by molar-refractivity contribution is -0.0394. The molecule has 1 saturated heterocycles. The fourth-order valence-electron chi connectivity index (χ4n) is 5.07. The molecule has 0 aliphatic carbocycles. The third-order valence-corrected chi connectivity index (χ3v) is 8.01. The van der Waals surface area contributed by atoms with Crippen molar-refractivity contribution >= 4 is 37.6 Å². The molecule has 6 heteroatoms. The second kappa shape index (κ2) is 7.49. The highest BCUT2D eigenvalue weighted by molar-refractivity contribution is 7.26. The molecule has 2 aliphatic rings. The number of fused-ring (bicyclic) bond motifs is 5. The number of anilines is 1. The van der Waals surface area contributed by atoms with Gasteiger partial charge in [0.15, 0.2) is 0 Å². The lowest BCUT2D eigenvalue weighted by Crippen LogP contribution is -2.33. The van der Waals surface area contributed by atoms with Gasteiger partial charge in [0.05, 0.1) is 28.1 Å². The SMILES string of the molecule is CC1CCN(c2ncnc3c2sc2nc(-c4ccccc4)c4c(c23)CC(C)(C)OC4)CC1. The second-order valence-electron chi connectivity index (χ2n) is 9.84. The Morgan fingerprint density at radius 2 is 1.84 bits per heavy atom. The van der Waals surface area contributed by atoms with Gasteiger partial charge in [0, 0.05) is 36.0 Å². The van der Waals surface area contributed by atoms with Crippen LogP contribution in [0.5, 0.6) is 0 Å². The smallest absolute Gasteiger partial charge is 0.150 e. The first-order valence-corrected chi connectivity index (χ1v) is 12.3. The van der Waals surface area contributed by atoms with Gasteiger partial charge in [-0.1, -0.05) is 37.3 Å². The van der Waals surface area contributed by atoms with E-state index in [1.807, 2.05) is 0 Å². The van der Waals surface area contributed by atoms with Gasteiger partial charge in [-0.3, -0.25) is 0 Å². The molecule has 0 amide bonds. The van der Waals surface area contributed by atoms with Crippen LogP contribution >= 0.6 is 11.3 Å². The molecule has 2 aliphatic heterocycles. The molecule has 3 aromatic heterocycles. The summed E-state index contributed by atoms with van der Waals surface area (Å²) in [6.07, 6.45) is 5.03. The van der Waals surface area contributed by atoms with E-state index in [9.17, 15) is 0 Å².